The Kier molecular flexibility index (Phi) is 8.06. The van der Waals surface area contributed by atoms with Gasteiger partial charge in [-0.25, -0.2) is 0 Å². The Balaban J connectivity index is 0.00000145. The van der Waals surface area contributed by atoms with E-state index in [0.717, 1.165) is 30.6 Å². The van der Waals surface area contributed by atoms with E-state index in [9.17, 15) is 0 Å². The van der Waals surface area contributed by atoms with Crippen LogP contribution in [-0.2, 0) is 34.1 Å². The van der Waals surface area contributed by atoms with Gasteiger partial charge in [0.2, 0.25) is 0 Å². The molecule has 0 heterocycles. The van der Waals surface area contributed by atoms with E-state index in [4.69, 9.17) is 0 Å². The molecule has 1 unspecified atom stereocenters. The van der Waals surface area contributed by atoms with Gasteiger partial charge in [-0.15, -0.1) is 0 Å². The van der Waals surface area contributed by atoms with Crippen molar-refractivity contribution in [1.82, 2.24) is 0 Å². The summed E-state index contributed by atoms with van der Waals surface area (Å²) in [5, 5.41) is 0. The van der Waals surface area contributed by atoms with Crippen molar-refractivity contribution in [2.45, 2.75) is 58.3 Å². The SMILES string of the molecule is CC1C=C(C23CC4CC(CC(C4)C2)C3)C=[C]1[Zr+2](=[CH]Cc1ccccc1)[c]1cccc2c1Cc1ccccc1-2.[Cl-].[Cl-]. The third-order valence-corrected chi connectivity index (χ3v) is 17.8. The van der Waals surface area contributed by atoms with Crippen molar-refractivity contribution >= 4 is 6.98 Å². The minimum absolute atomic E-state index is 0. The van der Waals surface area contributed by atoms with Gasteiger partial charge in [-0.1, -0.05) is 0 Å². The van der Waals surface area contributed by atoms with Crippen molar-refractivity contribution in [3.8, 4) is 11.1 Å². The molecule has 40 heavy (non-hydrogen) atoms. The smallest absolute Gasteiger partial charge is 1.00 e. The zero-order valence-corrected chi connectivity index (χ0v) is 27.4. The molecule has 0 saturated heterocycles. The van der Waals surface area contributed by atoms with Crippen LogP contribution in [0.25, 0.3) is 11.1 Å². The number of hydrogen-bond acceptors (Lipinski definition) is 0. The van der Waals surface area contributed by atoms with E-state index in [1.807, 2.05) is 3.28 Å². The molecule has 3 aromatic rings. The van der Waals surface area contributed by atoms with Crippen LogP contribution < -0.4 is 28.1 Å². The van der Waals surface area contributed by atoms with Gasteiger partial charge in [-0.2, -0.15) is 0 Å². The molecule has 3 heteroatoms. The first-order chi connectivity index (χ1) is 18.6. The predicted octanol–water partition coefficient (Wildman–Crippen LogP) is 2.23. The predicted molar refractivity (Wildman–Crippen MR) is 156 cm³/mol. The van der Waals surface area contributed by atoms with Crippen LogP contribution in [0.1, 0.15) is 62.1 Å². The molecular formula is C37H38Cl2Zr. The maximum absolute atomic E-state index is 2.83. The second kappa shape index (κ2) is 11.3. The topological polar surface area (TPSA) is 0 Å². The van der Waals surface area contributed by atoms with E-state index in [0.29, 0.717) is 11.3 Å². The van der Waals surface area contributed by atoms with Crippen LogP contribution in [0.4, 0.5) is 0 Å². The van der Waals surface area contributed by atoms with Crippen LogP contribution in [-0.4, -0.2) is 3.71 Å². The van der Waals surface area contributed by atoms with Gasteiger partial charge >= 0.3 is 237 Å². The third-order valence-electron chi connectivity index (χ3n) is 10.7. The molecule has 0 amide bonds. The fourth-order valence-corrected chi connectivity index (χ4v) is 16.6. The number of fused-ring (bicyclic) bond motifs is 3. The molecule has 0 N–H and O–H groups in total. The summed E-state index contributed by atoms with van der Waals surface area (Å²) < 4.78 is 6.39. The van der Waals surface area contributed by atoms with Gasteiger partial charge in [0, 0.05) is 0 Å². The first kappa shape index (κ1) is 28.6. The van der Waals surface area contributed by atoms with Gasteiger partial charge < -0.3 is 24.8 Å². The third kappa shape index (κ3) is 4.83. The molecule has 0 aromatic heterocycles. The molecule has 1 atom stereocenters. The van der Waals surface area contributed by atoms with E-state index in [2.05, 4.69) is 95.6 Å². The Morgan fingerprint density at radius 3 is 2.15 bits per heavy atom. The van der Waals surface area contributed by atoms with Gasteiger partial charge in [0.1, 0.15) is 0 Å². The van der Waals surface area contributed by atoms with Crippen LogP contribution in [0.2, 0.25) is 0 Å². The van der Waals surface area contributed by atoms with Crippen molar-refractivity contribution in [1.29, 1.82) is 0 Å². The Morgan fingerprint density at radius 2 is 1.43 bits per heavy atom. The Labute approximate surface area is 260 Å². The summed E-state index contributed by atoms with van der Waals surface area (Å²) in [7, 11) is 0. The molecule has 9 rings (SSSR count). The fourth-order valence-electron chi connectivity index (χ4n) is 9.45. The molecule has 6 aliphatic carbocycles. The van der Waals surface area contributed by atoms with Crippen LogP contribution >= 0.6 is 0 Å². The Hall–Kier alpha value is -1.53. The van der Waals surface area contributed by atoms with Gasteiger partial charge in [-0.3, -0.25) is 0 Å². The Morgan fingerprint density at radius 1 is 0.775 bits per heavy atom. The van der Waals surface area contributed by atoms with Crippen molar-refractivity contribution in [2.24, 2.45) is 29.1 Å². The van der Waals surface area contributed by atoms with Gasteiger partial charge in [-0.05, 0) is 0 Å². The Bertz CT molecular complexity index is 1480. The molecule has 4 saturated carbocycles. The monoisotopic (exact) mass is 642 g/mol. The second-order valence-corrected chi connectivity index (χ2v) is 19.0. The number of halogens is 2. The van der Waals surface area contributed by atoms with Crippen molar-refractivity contribution in [2.75, 3.05) is 0 Å². The van der Waals surface area contributed by atoms with Crippen molar-refractivity contribution in [3.63, 3.8) is 0 Å². The normalized spacial score (nSPS) is 28.7. The molecule has 0 aliphatic heterocycles. The summed E-state index contributed by atoms with van der Waals surface area (Å²) in [6.45, 7) is 2.52. The molecule has 204 valence electrons. The van der Waals surface area contributed by atoms with E-state index >= 15 is 0 Å². The van der Waals surface area contributed by atoms with Gasteiger partial charge in [0.05, 0.1) is 0 Å². The summed E-state index contributed by atoms with van der Waals surface area (Å²) in [6.07, 6.45) is 16.8. The minimum atomic E-state index is -2.27. The average molecular weight is 645 g/mol. The van der Waals surface area contributed by atoms with E-state index < -0.39 is 21.3 Å². The summed E-state index contributed by atoms with van der Waals surface area (Å²) >= 11 is -2.27. The molecule has 6 aliphatic rings. The van der Waals surface area contributed by atoms with Gasteiger partial charge in [0.15, 0.2) is 0 Å². The number of benzene rings is 3. The molecule has 4 bridgehead atoms. The van der Waals surface area contributed by atoms with Crippen LogP contribution in [0, 0.1) is 29.1 Å². The number of rotatable bonds is 5. The first-order valence-corrected chi connectivity index (χ1v) is 18.9. The second-order valence-electron chi connectivity index (χ2n) is 13.2. The molecule has 0 nitrogen and oxygen atoms in total. The minimum Gasteiger partial charge on any atom is -1.00 e. The number of allylic oxidation sites excluding steroid dienone is 4. The van der Waals surface area contributed by atoms with Crippen LogP contribution in [0.15, 0.2) is 93.8 Å². The standard InChI is InChI=1S/C16H21.C13H9.C8H8.2ClH.Zr/c1-11-2-3-15(4-11)16-8-12-5-13(9-16)7-14(6-12)10-16;1-3-7-12-10(5-1)9-11-6-2-4-8-13(11)12;1-2-8-6-4-3-5-7-8;;;/h3-4,11-14H,5-10H2,1H3;1-5,7-8H,9H2;1,3-7H,2H2;2*1H;/q;;;;;+2/p-2. The van der Waals surface area contributed by atoms with Crippen LogP contribution in [0.3, 0.4) is 0 Å². The largest absolute Gasteiger partial charge is 1.00 e. The molecule has 0 spiro atoms. The maximum atomic E-state index is 2.83. The van der Waals surface area contributed by atoms with Crippen molar-refractivity contribution in [3.05, 3.63) is 110 Å². The van der Waals surface area contributed by atoms with Crippen molar-refractivity contribution < 1.29 is 46.1 Å². The zero-order chi connectivity index (χ0) is 25.3. The quantitative estimate of drug-likeness (QED) is 0.313. The average Bonchev–Trinajstić information content (AvgIpc) is 3.50. The summed E-state index contributed by atoms with van der Waals surface area (Å²) in [5.41, 5.74) is 9.86. The zero-order valence-electron chi connectivity index (χ0n) is 23.4. The maximum Gasteiger partial charge on any atom is -1.00 e. The van der Waals surface area contributed by atoms with E-state index in [1.165, 1.54) is 60.8 Å². The fraction of sp³-hybridized carbons (Fsp3) is 0.378. The summed E-state index contributed by atoms with van der Waals surface area (Å²) in [5.74, 6) is 3.62. The molecule has 0 radical (unpaired) electrons. The summed E-state index contributed by atoms with van der Waals surface area (Å²) in [6, 6.07) is 27.6. The first-order valence-electron chi connectivity index (χ1n) is 15.0. The molecular weight excluding hydrogens is 607 g/mol. The van der Waals surface area contributed by atoms with E-state index in [-0.39, 0.29) is 24.8 Å². The number of hydrogen-bond donors (Lipinski definition) is 0. The van der Waals surface area contributed by atoms with E-state index in [1.54, 1.807) is 14.4 Å². The molecule has 4 fully saturated rings. The van der Waals surface area contributed by atoms with Crippen LogP contribution in [0.5, 0.6) is 0 Å². The molecule has 3 aromatic carbocycles. The van der Waals surface area contributed by atoms with Gasteiger partial charge in [0.25, 0.3) is 0 Å². The summed E-state index contributed by atoms with van der Waals surface area (Å²) in [4.78, 5) is 0.